The highest BCUT2D eigenvalue weighted by Gasteiger charge is 2.12. The van der Waals surface area contributed by atoms with E-state index < -0.39 is 5.97 Å². The molecule has 0 aliphatic rings. The second-order valence-electron chi connectivity index (χ2n) is 5.15. The molecular formula is C14H28N2O3. The highest BCUT2D eigenvalue weighted by molar-refractivity contribution is 5.81. The number of unbranched alkanes of at least 4 members (excludes halogenated alkanes) is 1. The van der Waals surface area contributed by atoms with E-state index in [1.807, 2.05) is 13.8 Å². The van der Waals surface area contributed by atoms with Gasteiger partial charge in [0.25, 0.3) is 0 Å². The second kappa shape index (κ2) is 10.8. The first-order chi connectivity index (χ1) is 8.97. The van der Waals surface area contributed by atoms with Gasteiger partial charge in [-0.25, -0.2) is 0 Å². The number of amides is 1. The van der Waals surface area contributed by atoms with Crippen molar-refractivity contribution < 1.29 is 14.7 Å². The third-order valence-electron chi connectivity index (χ3n) is 3.16. The fourth-order valence-electron chi connectivity index (χ4n) is 1.69. The molecule has 0 aromatic heterocycles. The number of aliphatic carboxylic acids is 1. The van der Waals surface area contributed by atoms with Crippen LogP contribution in [-0.4, -0.2) is 36.1 Å². The fourth-order valence-corrected chi connectivity index (χ4v) is 1.69. The van der Waals surface area contributed by atoms with Crippen molar-refractivity contribution in [1.82, 2.24) is 10.6 Å². The van der Waals surface area contributed by atoms with Crippen molar-refractivity contribution in [2.45, 2.75) is 58.9 Å². The van der Waals surface area contributed by atoms with Crippen LogP contribution >= 0.6 is 0 Å². The topological polar surface area (TPSA) is 78.4 Å². The SMILES string of the molecule is CCCCNC(=O)C(C)NCCC(C)CCC(=O)O. The molecule has 0 saturated heterocycles. The normalized spacial score (nSPS) is 13.8. The van der Waals surface area contributed by atoms with Crippen molar-refractivity contribution in [2.75, 3.05) is 13.1 Å². The van der Waals surface area contributed by atoms with Gasteiger partial charge in [-0.1, -0.05) is 20.3 Å². The molecule has 0 aromatic carbocycles. The summed E-state index contributed by atoms with van der Waals surface area (Å²) in [6.07, 6.45) is 3.87. The van der Waals surface area contributed by atoms with Gasteiger partial charge in [0.1, 0.15) is 0 Å². The van der Waals surface area contributed by atoms with Gasteiger partial charge in [0.05, 0.1) is 6.04 Å². The lowest BCUT2D eigenvalue weighted by Crippen LogP contribution is -2.43. The van der Waals surface area contributed by atoms with Crippen molar-refractivity contribution in [3.63, 3.8) is 0 Å². The van der Waals surface area contributed by atoms with E-state index in [1.54, 1.807) is 0 Å². The average molecular weight is 272 g/mol. The van der Waals surface area contributed by atoms with Crippen LogP contribution in [0.3, 0.4) is 0 Å². The van der Waals surface area contributed by atoms with Crippen LogP contribution in [0.5, 0.6) is 0 Å². The Balaban J connectivity index is 3.63. The number of carbonyl (C=O) groups excluding carboxylic acids is 1. The molecular weight excluding hydrogens is 244 g/mol. The first-order valence-electron chi connectivity index (χ1n) is 7.20. The molecule has 5 heteroatoms. The highest BCUT2D eigenvalue weighted by Crippen LogP contribution is 2.09. The Labute approximate surface area is 116 Å². The quantitative estimate of drug-likeness (QED) is 0.501. The molecule has 5 nitrogen and oxygen atoms in total. The van der Waals surface area contributed by atoms with Crippen molar-refractivity contribution in [2.24, 2.45) is 5.92 Å². The molecule has 0 aliphatic carbocycles. The smallest absolute Gasteiger partial charge is 0.303 e. The van der Waals surface area contributed by atoms with E-state index >= 15 is 0 Å². The summed E-state index contributed by atoms with van der Waals surface area (Å²) in [6.45, 7) is 7.45. The number of carbonyl (C=O) groups is 2. The molecule has 0 saturated carbocycles. The third kappa shape index (κ3) is 10.5. The van der Waals surface area contributed by atoms with Gasteiger partial charge in [0, 0.05) is 13.0 Å². The maximum Gasteiger partial charge on any atom is 0.303 e. The number of hydrogen-bond donors (Lipinski definition) is 3. The van der Waals surface area contributed by atoms with Crippen LogP contribution in [0, 0.1) is 5.92 Å². The van der Waals surface area contributed by atoms with E-state index in [9.17, 15) is 9.59 Å². The van der Waals surface area contributed by atoms with Gasteiger partial charge in [-0.2, -0.15) is 0 Å². The van der Waals surface area contributed by atoms with E-state index in [0.717, 1.165) is 32.4 Å². The van der Waals surface area contributed by atoms with Gasteiger partial charge in [0.15, 0.2) is 0 Å². The van der Waals surface area contributed by atoms with Crippen LogP contribution in [0.1, 0.15) is 52.9 Å². The fraction of sp³-hybridized carbons (Fsp3) is 0.857. The lowest BCUT2D eigenvalue weighted by atomic mass is 10.0. The third-order valence-corrected chi connectivity index (χ3v) is 3.16. The van der Waals surface area contributed by atoms with Gasteiger partial charge in [0.2, 0.25) is 5.91 Å². The zero-order valence-electron chi connectivity index (χ0n) is 12.4. The average Bonchev–Trinajstić information content (AvgIpc) is 2.36. The largest absolute Gasteiger partial charge is 0.481 e. The van der Waals surface area contributed by atoms with E-state index in [1.165, 1.54) is 0 Å². The molecule has 0 aliphatic heterocycles. The highest BCUT2D eigenvalue weighted by atomic mass is 16.4. The number of carboxylic acid groups (broad SMARTS) is 1. The van der Waals surface area contributed by atoms with E-state index in [4.69, 9.17) is 5.11 Å². The summed E-state index contributed by atoms with van der Waals surface area (Å²) < 4.78 is 0. The maximum absolute atomic E-state index is 11.7. The molecule has 0 fully saturated rings. The number of hydrogen-bond acceptors (Lipinski definition) is 3. The lowest BCUT2D eigenvalue weighted by molar-refractivity contribution is -0.137. The van der Waals surface area contributed by atoms with Crippen molar-refractivity contribution in [3.05, 3.63) is 0 Å². The summed E-state index contributed by atoms with van der Waals surface area (Å²) in [5.41, 5.74) is 0. The minimum Gasteiger partial charge on any atom is -0.481 e. The van der Waals surface area contributed by atoms with E-state index in [0.29, 0.717) is 12.3 Å². The molecule has 2 unspecified atom stereocenters. The molecule has 1 amide bonds. The summed E-state index contributed by atoms with van der Waals surface area (Å²) in [7, 11) is 0. The van der Waals surface area contributed by atoms with Crippen molar-refractivity contribution in [1.29, 1.82) is 0 Å². The van der Waals surface area contributed by atoms with E-state index in [-0.39, 0.29) is 18.4 Å². The van der Waals surface area contributed by atoms with Crippen molar-refractivity contribution >= 4 is 11.9 Å². The minimum absolute atomic E-state index is 0.0339. The van der Waals surface area contributed by atoms with Crippen LogP contribution in [0.15, 0.2) is 0 Å². The van der Waals surface area contributed by atoms with Gasteiger partial charge >= 0.3 is 5.97 Å². The second-order valence-corrected chi connectivity index (χ2v) is 5.15. The van der Waals surface area contributed by atoms with Crippen LogP contribution in [0.4, 0.5) is 0 Å². The van der Waals surface area contributed by atoms with E-state index in [2.05, 4.69) is 17.6 Å². The first-order valence-corrected chi connectivity index (χ1v) is 7.20. The molecule has 0 heterocycles. The van der Waals surface area contributed by atoms with Crippen LogP contribution in [0.25, 0.3) is 0 Å². The van der Waals surface area contributed by atoms with Gasteiger partial charge in [-0.3, -0.25) is 9.59 Å². The Morgan fingerprint density at radius 1 is 1.16 bits per heavy atom. The number of rotatable bonds is 11. The van der Waals surface area contributed by atoms with Crippen LogP contribution in [-0.2, 0) is 9.59 Å². The summed E-state index contributed by atoms with van der Waals surface area (Å²) in [5.74, 6) is -0.353. The van der Waals surface area contributed by atoms with Gasteiger partial charge in [-0.05, 0) is 38.6 Å². The summed E-state index contributed by atoms with van der Waals surface area (Å²) >= 11 is 0. The molecule has 0 spiro atoms. The molecule has 0 bridgehead atoms. The predicted octanol–water partition coefficient (Wildman–Crippen LogP) is 1.77. The molecule has 3 N–H and O–H groups in total. The van der Waals surface area contributed by atoms with Crippen LogP contribution in [0.2, 0.25) is 0 Å². The Kier molecular flexibility index (Phi) is 10.2. The summed E-state index contributed by atoms with van der Waals surface area (Å²) in [4.78, 5) is 22.1. The Bertz CT molecular complexity index is 269. The molecule has 0 radical (unpaired) electrons. The molecule has 0 rings (SSSR count). The number of carboxylic acids is 1. The molecule has 0 aromatic rings. The molecule has 19 heavy (non-hydrogen) atoms. The summed E-state index contributed by atoms with van der Waals surface area (Å²) in [6, 6.07) is -0.191. The Hall–Kier alpha value is -1.10. The standard InChI is InChI=1S/C14H28N2O3/c1-4-5-9-16-14(19)12(3)15-10-8-11(2)6-7-13(17)18/h11-12,15H,4-10H2,1-3H3,(H,16,19)(H,17,18). The zero-order chi connectivity index (χ0) is 14.7. The van der Waals surface area contributed by atoms with Crippen molar-refractivity contribution in [3.8, 4) is 0 Å². The Morgan fingerprint density at radius 3 is 2.42 bits per heavy atom. The summed E-state index contributed by atoms with van der Waals surface area (Å²) in [5, 5.41) is 14.6. The lowest BCUT2D eigenvalue weighted by Gasteiger charge is -2.16. The maximum atomic E-state index is 11.7. The molecule has 2 atom stereocenters. The Morgan fingerprint density at radius 2 is 1.84 bits per heavy atom. The minimum atomic E-state index is -0.747. The molecule has 112 valence electrons. The van der Waals surface area contributed by atoms with Crippen LogP contribution < -0.4 is 10.6 Å². The number of nitrogens with one attached hydrogen (secondary N) is 2. The zero-order valence-corrected chi connectivity index (χ0v) is 12.4. The van der Waals surface area contributed by atoms with Gasteiger partial charge in [-0.15, -0.1) is 0 Å². The predicted molar refractivity (Wildman–Crippen MR) is 76.0 cm³/mol. The van der Waals surface area contributed by atoms with Gasteiger partial charge < -0.3 is 15.7 Å². The first kappa shape index (κ1) is 17.9. The monoisotopic (exact) mass is 272 g/mol.